The summed E-state index contributed by atoms with van der Waals surface area (Å²) in [5.41, 5.74) is 4.78. The number of methoxy groups -OCH3 is 2. The Morgan fingerprint density at radius 3 is 2.00 bits per heavy atom. The molecule has 0 spiro atoms. The first-order chi connectivity index (χ1) is 17.7. The van der Waals surface area contributed by atoms with E-state index in [1.54, 1.807) is 0 Å². The van der Waals surface area contributed by atoms with E-state index in [1.165, 1.54) is 36.2 Å². The van der Waals surface area contributed by atoms with Crippen LogP contribution in [0.4, 0.5) is 0 Å². The van der Waals surface area contributed by atoms with Gasteiger partial charge in [-0.3, -0.25) is 14.3 Å². The lowest BCUT2D eigenvalue weighted by molar-refractivity contribution is -0.133. The highest BCUT2D eigenvalue weighted by atomic mass is 16.5. The van der Waals surface area contributed by atoms with Gasteiger partial charge in [0.1, 0.15) is 5.57 Å². The maximum absolute atomic E-state index is 12.7. The number of carbonyl (C=O) groups excluding carboxylic acids is 2. The van der Waals surface area contributed by atoms with Crippen molar-refractivity contribution in [3.63, 3.8) is 0 Å². The molecular formula is C30H30N2O4. The summed E-state index contributed by atoms with van der Waals surface area (Å²) >= 11 is 0. The molecule has 6 nitrogen and oxygen atoms in total. The van der Waals surface area contributed by atoms with Crippen LogP contribution in [0.25, 0.3) is 16.5 Å². The van der Waals surface area contributed by atoms with E-state index in [-0.39, 0.29) is 5.57 Å². The summed E-state index contributed by atoms with van der Waals surface area (Å²) < 4.78 is 11.7. The average Bonchev–Trinajstić information content (AvgIpc) is 3.24. The minimum absolute atomic E-state index is 0.205. The number of fused-ring (bicyclic) bond motifs is 1. The van der Waals surface area contributed by atoms with E-state index in [4.69, 9.17) is 9.47 Å². The van der Waals surface area contributed by atoms with Gasteiger partial charge in [0.2, 0.25) is 6.41 Å². The van der Waals surface area contributed by atoms with E-state index in [0.717, 1.165) is 36.0 Å². The van der Waals surface area contributed by atoms with Crippen LogP contribution in [0.1, 0.15) is 22.4 Å². The largest absolute Gasteiger partial charge is 0.503 e. The summed E-state index contributed by atoms with van der Waals surface area (Å²) in [7, 11) is 2.79. The first kappa shape index (κ1) is 24.9. The molecule has 184 valence electrons. The summed E-state index contributed by atoms with van der Waals surface area (Å²) in [5, 5.41) is 0.921. The summed E-state index contributed by atoms with van der Waals surface area (Å²) in [4.78, 5) is 27.3. The van der Waals surface area contributed by atoms with Gasteiger partial charge in [-0.05, 0) is 29.2 Å². The number of para-hydroxylation sites is 1. The van der Waals surface area contributed by atoms with Gasteiger partial charge < -0.3 is 9.47 Å². The standard InChI is InChI=1S/C30H30N2O4/c1-35-21-27(30(34)36-2)29-26(25-15-9-10-16-28(25)32(29)22-33)17-18-31(19-23-11-5-3-6-12-23)20-24-13-7-4-8-14-24/h3-16,21-22H,17-20H2,1-2H3/b27-21+. The summed E-state index contributed by atoms with van der Waals surface area (Å²) in [6.07, 6.45) is 2.70. The fourth-order valence-electron chi connectivity index (χ4n) is 4.58. The fourth-order valence-corrected chi connectivity index (χ4v) is 4.58. The van der Waals surface area contributed by atoms with Gasteiger partial charge in [0.25, 0.3) is 0 Å². The molecule has 0 aliphatic carbocycles. The zero-order valence-electron chi connectivity index (χ0n) is 20.6. The number of benzene rings is 3. The highest BCUT2D eigenvalue weighted by molar-refractivity contribution is 6.18. The van der Waals surface area contributed by atoms with Crippen LogP contribution in [0.5, 0.6) is 0 Å². The van der Waals surface area contributed by atoms with Crippen molar-refractivity contribution in [2.45, 2.75) is 19.5 Å². The number of hydrogen-bond donors (Lipinski definition) is 0. The second-order valence-electron chi connectivity index (χ2n) is 8.51. The number of carbonyl (C=O) groups is 2. The topological polar surface area (TPSA) is 60.8 Å². The SMILES string of the molecule is CO/C=C(/C(=O)OC)c1c(CCN(Cc2ccccc2)Cc2ccccc2)c2ccccc2n1C=O. The van der Waals surface area contributed by atoms with Crippen molar-refractivity contribution in [2.75, 3.05) is 20.8 Å². The molecule has 0 amide bonds. The Balaban J connectivity index is 1.74. The molecule has 0 unspecified atom stereocenters. The summed E-state index contributed by atoms with van der Waals surface area (Å²) in [5.74, 6) is -0.561. The predicted molar refractivity (Wildman–Crippen MR) is 142 cm³/mol. The van der Waals surface area contributed by atoms with E-state index >= 15 is 0 Å². The van der Waals surface area contributed by atoms with Crippen LogP contribution < -0.4 is 0 Å². The van der Waals surface area contributed by atoms with Gasteiger partial charge in [0.05, 0.1) is 31.7 Å². The van der Waals surface area contributed by atoms with E-state index in [9.17, 15) is 9.59 Å². The molecule has 0 fully saturated rings. The minimum atomic E-state index is -0.561. The van der Waals surface area contributed by atoms with E-state index < -0.39 is 5.97 Å². The molecule has 0 radical (unpaired) electrons. The molecule has 6 heteroatoms. The molecule has 1 aromatic heterocycles. The Labute approximate surface area is 211 Å². The minimum Gasteiger partial charge on any atom is -0.503 e. The lowest BCUT2D eigenvalue weighted by Gasteiger charge is -2.23. The monoisotopic (exact) mass is 482 g/mol. The molecule has 0 atom stereocenters. The molecule has 3 aromatic carbocycles. The third-order valence-electron chi connectivity index (χ3n) is 6.19. The lowest BCUT2D eigenvalue weighted by atomic mass is 10.0. The molecular weight excluding hydrogens is 452 g/mol. The van der Waals surface area contributed by atoms with E-state index in [2.05, 4.69) is 29.2 Å². The molecule has 0 bridgehead atoms. The van der Waals surface area contributed by atoms with Crippen molar-refractivity contribution in [2.24, 2.45) is 0 Å². The van der Waals surface area contributed by atoms with Crippen LogP contribution in [-0.4, -0.2) is 42.6 Å². The third-order valence-corrected chi connectivity index (χ3v) is 6.19. The van der Waals surface area contributed by atoms with Crippen molar-refractivity contribution in [1.29, 1.82) is 0 Å². The number of hydrogen-bond acceptors (Lipinski definition) is 5. The van der Waals surface area contributed by atoms with Crippen LogP contribution >= 0.6 is 0 Å². The first-order valence-electron chi connectivity index (χ1n) is 11.8. The van der Waals surface area contributed by atoms with Gasteiger partial charge in [-0.2, -0.15) is 0 Å². The Hall–Kier alpha value is -4.16. The number of ether oxygens (including phenoxy) is 2. The highest BCUT2D eigenvalue weighted by Crippen LogP contribution is 2.32. The molecule has 0 N–H and O–H groups in total. The second-order valence-corrected chi connectivity index (χ2v) is 8.51. The number of rotatable bonds is 11. The van der Waals surface area contributed by atoms with Crippen molar-refractivity contribution in [1.82, 2.24) is 9.47 Å². The Morgan fingerprint density at radius 2 is 1.44 bits per heavy atom. The maximum atomic E-state index is 12.7. The van der Waals surface area contributed by atoms with Crippen molar-refractivity contribution in [3.05, 3.63) is 114 Å². The number of aromatic nitrogens is 1. The molecule has 0 saturated carbocycles. The molecule has 0 aliphatic heterocycles. The van der Waals surface area contributed by atoms with Gasteiger partial charge in [0, 0.05) is 25.0 Å². The quantitative estimate of drug-likeness (QED) is 0.129. The van der Waals surface area contributed by atoms with Gasteiger partial charge in [0.15, 0.2) is 0 Å². The van der Waals surface area contributed by atoms with Gasteiger partial charge in [-0.25, -0.2) is 4.79 Å². The third kappa shape index (κ3) is 5.56. The summed E-state index contributed by atoms with van der Waals surface area (Å²) in [6, 6.07) is 28.4. The van der Waals surface area contributed by atoms with Gasteiger partial charge in [-0.1, -0.05) is 78.9 Å². The molecule has 4 rings (SSSR count). The fraction of sp³-hybridized carbons (Fsp3) is 0.200. The van der Waals surface area contributed by atoms with Crippen molar-refractivity contribution < 1.29 is 19.1 Å². The van der Waals surface area contributed by atoms with E-state index in [0.29, 0.717) is 18.7 Å². The Bertz CT molecular complexity index is 1300. The van der Waals surface area contributed by atoms with Crippen LogP contribution in [0.15, 0.2) is 91.2 Å². The van der Waals surface area contributed by atoms with Crippen molar-refractivity contribution >= 4 is 28.9 Å². The number of nitrogens with zero attached hydrogens (tertiary/aromatic N) is 2. The zero-order chi connectivity index (χ0) is 25.3. The smallest absolute Gasteiger partial charge is 0.343 e. The zero-order valence-corrected chi connectivity index (χ0v) is 20.6. The van der Waals surface area contributed by atoms with Crippen LogP contribution in [0.2, 0.25) is 0 Å². The highest BCUT2D eigenvalue weighted by Gasteiger charge is 2.25. The van der Waals surface area contributed by atoms with E-state index in [1.807, 2.05) is 60.7 Å². The van der Waals surface area contributed by atoms with Crippen LogP contribution in [-0.2, 0) is 38.6 Å². The molecule has 0 aliphatic rings. The molecule has 0 saturated heterocycles. The summed E-state index contributed by atoms with van der Waals surface area (Å²) in [6.45, 7) is 2.26. The Kier molecular flexibility index (Phi) is 8.32. The predicted octanol–water partition coefficient (Wildman–Crippen LogP) is 5.08. The Morgan fingerprint density at radius 1 is 0.861 bits per heavy atom. The molecule has 1 heterocycles. The van der Waals surface area contributed by atoms with Gasteiger partial charge in [-0.15, -0.1) is 0 Å². The van der Waals surface area contributed by atoms with Crippen molar-refractivity contribution in [3.8, 4) is 0 Å². The average molecular weight is 483 g/mol. The lowest BCUT2D eigenvalue weighted by Crippen LogP contribution is -2.25. The van der Waals surface area contributed by atoms with Gasteiger partial charge >= 0.3 is 5.97 Å². The normalized spacial score (nSPS) is 11.6. The molecule has 36 heavy (non-hydrogen) atoms. The molecule has 4 aromatic rings. The maximum Gasteiger partial charge on any atom is 0.343 e. The first-order valence-corrected chi connectivity index (χ1v) is 11.8. The second kappa shape index (κ2) is 12.0. The number of esters is 1. The van der Waals surface area contributed by atoms with Crippen LogP contribution in [0, 0.1) is 0 Å². The van der Waals surface area contributed by atoms with Crippen LogP contribution in [0.3, 0.4) is 0 Å².